The molecule has 0 amide bonds. The first kappa shape index (κ1) is 23.8. The van der Waals surface area contributed by atoms with E-state index in [0.29, 0.717) is 28.7 Å². The fourth-order valence-corrected chi connectivity index (χ4v) is 2.26. The van der Waals surface area contributed by atoms with E-state index in [-0.39, 0.29) is 11.6 Å². The van der Waals surface area contributed by atoms with Gasteiger partial charge >= 0.3 is 33.0 Å². The first-order valence-corrected chi connectivity index (χ1v) is 10.0. The zero-order chi connectivity index (χ0) is 21.7. The van der Waals surface area contributed by atoms with Gasteiger partial charge in [-0.1, -0.05) is 60.7 Å². The molecule has 0 bridgehead atoms. The molecule has 0 aromatic heterocycles. The minimum atomic E-state index is -10.7. The van der Waals surface area contributed by atoms with Crippen LogP contribution in [0.5, 0.6) is 0 Å². The Bertz CT molecular complexity index is 755. The molecule has 0 atom stereocenters. The molecule has 0 aliphatic heterocycles. The number of quaternary nitrogens is 1. The molecule has 0 spiro atoms. The molecule has 0 fully saturated rings. The van der Waals surface area contributed by atoms with Gasteiger partial charge in [-0.05, 0) is 0 Å². The van der Waals surface area contributed by atoms with Crippen molar-refractivity contribution in [3.8, 4) is 0 Å². The van der Waals surface area contributed by atoms with E-state index >= 15 is 0 Å². The van der Waals surface area contributed by atoms with Crippen LogP contribution < -0.4 is 0 Å². The molecule has 3 nitrogen and oxygen atoms in total. The molecule has 156 valence electrons. The summed E-state index contributed by atoms with van der Waals surface area (Å²) in [6.45, 7) is 0.616. The molecule has 0 aliphatic carbocycles. The fourth-order valence-electron chi connectivity index (χ4n) is 2.26. The normalized spacial score (nSPS) is 14.1. The summed E-state index contributed by atoms with van der Waals surface area (Å²) >= 11 is 0. The molecule has 0 aliphatic rings. The molecule has 0 N–H and O–H groups in total. The van der Waals surface area contributed by atoms with Gasteiger partial charge in [0.25, 0.3) is 0 Å². The molecule has 2 aromatic carbocycles. The predicted molar refractivity (Wildman–Crippen MR) is 97.0 cm³/mol. The fraction of sp³-hybridized carbons (Fsp3) is 0.222. The Morgan fingerprint density at radius 1 is 0.679 bits per heavy atom. The SMILES string of the molecule is C[N+](C)(CC(=O)c1ccccc1)CC(=O)c1ccccc1.F[P-](F)(F)(F)(F)F. The van der Waals surface area contributed by atoms with Crippen molar-refractivity contribution in [2.45, 2.75) is 0 Å². The number of Topliss-reactive ketones (excluding diaryl/α,β-unsaturated/α-hetero) is 2. The van der Waals surface area contributed by atoms with Crippen LogP contribution in [0.1, 0.15) is 20.7 Å². The number of rotatable bonds is 6. The van der Waals surface area contributed by atoms with Gasteiger partial charge in [0.1, 0.15) is 13.1 Å². The summed E-state index contributed by atoms with van der Waals surface area (Å²) in [4.78, 5) is 24.5. The molecule has 0 saturated heterocycles. The minimum absolute atomic E-state index is 0.0569. The number of benzene rings is 2. The Morgan fingerprint density at radius 2 is 0.929 bits per heavy atom. The van der Waals surface area contributed by atoms with Crippen LogP contribution in [0.2, 0.25) is 0 Å². The maximum absolute atomic E-state index is 12.3. The van der Waals surface area contributed by atoms with Crippen LogP contribution in [0.15, 0.2) is 60.7 Å². The quantitative estimate of drug-likeness (QED) is 0.238. The van der Waals surface area contributed by atoms with E-state index in [9.17, 15) is 34.8 Å². The molecule has 0 saturated carbocycles. The van der Waals surface area contributed by atoms with Gasteiger partial charge in [-0.3, -0.25) is 9.59 Å². The first-order valence-electron chi connectivity index (χ1n) is 7.98. The number of carbonyl (C=O) groups excluding carboxylic acids is 2. The number of hydrogen-bond donors (Lipinski definition) is 0. The van der Waals surface area contributed by atoms with Gasteiger partial charge < -0.3 is 4.48 Å². The molecule has 0 heterocycles. The molecule has 0 unspecified atom stereocenters. The van der Waals surface area contributed by atoms with Crippen LogP contribution in [0.3, 0.4) is 0 Å². The van der Waals surface area contributed by atoms with Gasteiger partial charge in [0.2, 0.25) is 11.6 Å². The first-order chi connectivity index (χ1) is 12.4. The zero-order valence-electron chi connectivity index (χ0n) is 15.2. The Balaban J connectivity index is 0.000000480. The van der Waals surface area contributed by atoms with Crippen LogP contribution in [0, 0.1) is 0 Å². The van der Waals surface area contributed by atoms with Crippen LogP contribution in [0.25, 0.3) is 0 Å². The van der Waals surface area contributed by atoms with Gasteiger partial charge in [0.15, 0.2) is 0 Å². The van der Waals surface area contributed by atoms with E-state index in [1.165, 1.54) is 0 Å². The van der Waals surface area contributed by atoms with Gasteiger partial charge in [0, 0.05) is 11.1 Å². The third-order valence-corrected chi connectivity index (χ3v) is 3.33. The van der Waals surface area contributed by atoms with Crippen LogP contribution in [0.4, 0.5) is 25.2 Å². The van der Waals surface area contributed by atoms with Crippen molar-refractivity contribution in [1.29, 1.82) is 0 Å². The number of ketones is 2. The van der Waals surface area contributed by atoms with Crippen molar-refractivity contribution in [3.05, 3.63) is 71.8 Å². The molecule has 10 heteroatoms. The number of likely N-dealkylation sites (N-methyl/N-ethyl adjacent to an activating group) is 1. The predicted octanol–water partition coefficient (Wildman–Crippen LogP) is 6.21. The van der Waals surface area contributed by atoms with Crippen LogP contribution in [-0.4, -0.2) is 43.2 Å². The zero-order valence-corrected chi connectivity index (χ0v) is 16.1. The summed E-state index contributed by atoms with van der Waals surface area (Å²) in [6.07, 6.45) is 0. The third-order valence-electron chi connectivity index (χ3n) is 3.33. The Kier molecular flexibility index (Phi) is 6.49. The van der Waals surface area contributed by atoms with Gasteiger partial charge in [-0.15, -0.1) is 0 Å². The van der Waals surface area contributed by atoms with Gasteiger partial charge in [-0.25, -0.2) is 0 Å². The summed E-state index contributed by atoms with van der Waals surface area (Å²) in [7, 11) is -6.85. The molecule has 28 heavy (non-hydrogen) atoms. The monoisotopic (exact) mass is 427 g/mol. The second-order valence-corrected chi connectivity index (χ2v) is 8.71. The summed E-state index contributed by atoms with van der Waals surface area (Å²) in [6, 6.07) is 18.4. The van der Waals surface area contributed by atoms with Crippen molar-refractivity contribution >= 4 is 19.4 Å². The van der Waals surface area contributed by atoms with Crippen molar-refractivity contribution in [2.24, 2.45) is 0 Å². The number of halogens is 6. The summed E-state index contributed by atoms with van der Waals surface area (Å²) in [5.41, 5.74) is 1.38. The van der Waals surface area contributed by atoms with Crippen LogP contribution >= 0.6 is 7.81 Å². The Hall–Kier alpha value is -2.25. The summed E-state index contributed by atoms with van der Waals surface area (Å²) in [5, 5.41) is 0. The summed E-state index contributed by atoms with van der Waals surface area (Å²) < 4.78 is 59.5. The maximum atomic E-state index is 12.3. The number of carbonyl (C=O) groups is 2. The van der Waals surface area contributed by atoms with E-state index in [1.807, 2.05) is 50.5 Å². The van der Waals surface area contributed by atoms with E-state index in [1.54, 1.807) is 24.3 Å². The van der Waals surface area contributed by atoms with E-state index < -0.39 is 7.81 Å². The Morgan fingerprint density at radius 3 is 1.18 bits per heavy atom. The van der Waals surface area contributed by atoms with Crippen molar-refractivity contribution in [2.75, 3.05) is 27.2 Å². The van der Waals surface area contributed by atoms with Crippen LogP contribution in [-0.2, 0) is 0 Å². The van der Waals surface area contributed by atoms with Gasteiger partial charge in [0.05, 0.1) is 14.1 Å². The number of hydrogen-bond acceptors (Lipinski definition) is 2. The van der Waals surface area contributed by atoms with Crippen molar-refractivity contribution in [3.63, 3.8) is 0 Å². The Labute approximate surface area is 158 Å². The molecule has 2 rings (SSSR count). The summed E-state index contributed by atoms with van der Waals surface area (Å²) in [5.74, 6) is 0.114. The molecule has 0 radical (unpaired) electrons. The molecular formula is C18H20F6NO2P. The molecule has 2 aromatic rings. The standard InChI is InChI=1S/C18H20NO2.F6P/c1-19(2,13-17(20)15-9-5-3-6-10-15)14-18(21)16-11-7-4-8-12-16;1-7(2,3,4,5)6/h3-12H,13-14H2,1-2H3;/q+1;-1. The average Bonchev–Trinajstić information content (AvgIpc) is 2.52. The van der Waals surface area contributed by atoms with E-state index in [2.05, 4.69) is 0 Å². The van der Waals surface area contributed by atoms with Crippen molar-refractivity contribution < 1.29 is 39.3 Å². The van der Waals surface area contributed by atoms with E-state index in [0.717, 1.165) is 0 Å². The van der Waals surface area contributed by atoms with E-state index in [4.69, 9.17) is 0 Å². The average molecular weight is 427 g/mol. The second kappa shape index (κ2) is 7.64. The number of nitrogens with zero attached hydrogens (tertiary/aromatic N) is 1. The van der Waals surface area contributed by atoms with Gasteiger partial charge in [-0.2, -0.15) is 0 Å². The second-order valence-electron chi connectivity index (χ2n) is 6.79. The topological polar surface area (TPSA) is 34.1 Å². The molecular weight excluding hydrogens is 407 g/mol. The van der Waals surface area contributed by atoms with Crippen molar-refractivity contribution in [1.82, 2.24) is 0 Å². The third kappa shape index (κ3) is 12.2.